The monoisotopic (exact) mass is 722 g/mol. The SMILES string of the molecule is CC[C@H](CCc1ccccc1)CCc1cc(OO[C@H]2[C@@H](O)[C@H](O)[C@@H](COC(=O)CC(=O)O)O[C@H]2O)cc2c1OC[C@H]1c3cc4c(cc3O[C@H]21)OCO4. The van der Waals surface area contributed by atoms with Gasteiger partial charge in [0, 0.05) is 17.2 Å². The molecule has 4 N–H and O–H groups in total. The first-order chi connectivity index (χ1) is 25.2. The smallest absolute Gasteiger partial charge is 0.317 e. The standard InChI is InChI=1S/C38H42O14/c1-2-20(8-9-21-6-4-3-5-7-21)10-11-22-12-23(51-52-37-34(43)33(42)30(50-38(37)44)18-45-32(41)16-31(39)40)13-25-35(22)46-17-26-24-14-28-29(48-19-47-28)15-27(24)49-36(25)26/h3-7,12-15,20,26,30,33-34,36-38,42-44H,2,8-11,16-19H2,1H3,(H,39,40)/t20-,26+,30-,33-,34+,36-,37+,38-/m1/s1. The largest absolute Gasteiger partial charge is 0.492 e. The zero-order chi connectivity index (χ0) is 36.4. The van der Waals surface area contributed by atoms with Gasteiger partial charge in [-0.25, -0.2) is 0 Å². The molecule has 4 aliphatic rings. The number of hydrogen-bond donors (Lipinski definition) is 4. The fraction of sp³-hybridized carbons (Fsp3) is 0.474. The van der Waals surface area contributed by atoms with Crippen LogP contribution in [-0.4, -0.2) is 83.1 Å². The highest BCUT2D eigenvalue weighted by atomic mass is 17.2. The minimum atomic E-state index is -1.79. The zero-order valence-electron chi connectivity index (χ0n) is 28.6. The molecule has 0 amide bonds. The lowest BCUT2D eigenvalue weighted by molar-refractivity contribution is -0.365. The second-order valence-electron chi connectivity index (χ2n) is 13.5. The number of rotatable bonds is 14. The van der Waals surface area contributed by atoms with Gasteiger partial charge in [0.25, 0.3) is 0 Å². The van der Waals surface area contributed by atoms with E-state index in [9.17, 15) is 24.9 Å². The third-order valence-corrected chi connectivity index (χ3v) is 10.1. The first-order valence-electron chi connectivity index (χ1n) is 17.5. The van der Waals surface area contributed by atoms with Crippen LogP contribution in [-0.2, 0) is 36.8 Å². The Bertz CT molecular complexity index is 1750. The highest BCUT2D eigenvalue weighted by Gasteiger charge is 2.47. The van der Waals surface area contributed by atoms with Crippen molar-refractivity contribution in [2.24, 2.45) is 5.92 Å². The van der Waals surface area contributed by atoms with Crippen LogP contribution in [0.15, 0.2) is 54.6 Å². The van der Waals surface area contributed by atoms with Gasteiger partial charge in [-0.3, -0.25) is 9.59 Å². The van der Waals surface area contributed by atoms with Crippen molar-refractivity contribution in [2.45, 2.75) is 88.2 Å². The van der Waals surface area contributed by atoms with Crippen LogP contribution in [0.3, 0.4) is 0 Å². The molecule has 14 nitrogen and oxygen atoms in total. The number of carboxylic acid groups (broad SMARTS) is 1. The van der Waals surface area contributed by atoms with E-state index in [0.717, 1.165) is 42.4 Å². The summed E-state index contributed by atoms with van der Waals surface area (Å²) in [5, 5.41) is 40.9. The molecule has 4 aliphatic heterocycles. The van der Waals surface area contributed by atoms with Gasteiger partial charge in [-0.05, 0) is 60.9 Å². The Morgan fingerprint density at radius 2 is 1.67 bits per heavy atom. The molecule has 1 saturated heterocycles. The van der Waals surface area contributed by atoms with Crippen molar-refractivity contribution in [1.29, 1.82) is 0 Å². The Hall–Kier alpha value is -4.60. The van der Waals surface area contributed by atoms with Crippen molar-refractivity contribution in [3.8, 4) is 28.7 Å². The average molecular weight is 723 g/mol. The molecule has 52 heavy (non-hydrogen) atoms. The Labute approximate surface area is 299 Å². The van der Waals surface area contributed by atoms with E-state index >= 15 is 0 Å². The van der Waals surface area contributed by atoms with Gasteiger partial charge in [0.1, 0.15) is 48.9 Å². The van der Waals surface area contributed by atoms with Crippen LogP contribution in [0, 0.1) is 5.92 Å². The lowest BCUT2D eigenvalue weighted by Gasteiger charge is -2.39. The number of fused-ring (bicyclic) bond motifs is 6. The van der Waals surface area contributed by atoms with E-state index in [4.69, 9.17) is 43.3 Å². The van der Waals surface area contributed by atoms with Crippen molar-refractivity contribution in [3.05, 3.63) is 76.9 Å². The van der Waals surface area contributed by atoms with Crippen LogP contribution in [0.4, 0.5) is 0 Å². The quantitative estimate of drug-likeness (QED) is 0.0815. The summed E-state index contributed by atoms with van der Waals surface area (Å²) in [5.41, 5.74) is 3.86. The number of ether oxygens (including phenoxy) is 6. The van der Waals surface area contributed by atoms with Gasteiger partial charge in [0.2, 0.25) is 6.79 Å². The molecule has 14 heteroatoms. The van der Waals surface area contributed by atoms with Crippen LogP contribution < -0.4 is 23.8 Å². The van der Waals surface area contributed by atoms with Crippen molar-refractivity contribution in [2.75, 3.05) is 20.0 Å². The number of aliphatic carboxylic acids is 1. The topological polar surface area (TPSA) is 189 Å². The fourth-order valence-electron chi connectivity index (χ4n) is 7.20. The molecular formula is C38H42O14. The zero-order valence-corrected chi connectivity index (χ0v) is 28.6. The van der Waals surface area contributed by atoms with Gasteiger partial charge in [0.05, 0.1) is 12.5 Å². The number of aliphatic hydroxyl groups excluding tert-OH is 3. The molecule has 1 fully saturated rings. The van der Waals surface area contributed by atoms with Gasteiger partial charge >= 0.3 is 11.9 Å². The summed E-state index contributed by atoms with van der Waals surface area (Å²) in [7, 11) is 0. The Balaban J connectivity index is 1.08. The van der Waals surface area contributed by atoms with Crippen molar-refractivity contribution < 1.29 is 68.2 Å². The van der Waals surface area contributed by atoms with Crippen LogP contribution >= 0.6 is 0 Å². The molecule has 0 aromatic heterocycles. The summed E-state index contributed by atoms with van der Waals surface area (Å²) in [6, 6.07) is 17.7. The molecule has 7 rings (SSSR count). The number of carbonyl (C=O) groups is 2. The molecule has 3 aromatic carbocycles. The molecule has 0 spiro atoms. The highest BCUT2D eigenvalue weighted by Crippen LogP contribution is 2.55. The molecule has 278 valence electrons. The van der Waals surface area contributed by atoms with Gasteiger partial charge in [-0.15, -0.1) is 0 Å². The van der Waals surface area contributed by atoms with E-state index in [2.05, 4.69) is 31.2 Å². The number of aryl methyl sites for hydroxylation is 2. The maximum atomic E-state index is 11.7. The van der Waals surface area contributed by atoms with Crippen LogP contribution in [0.1, 0.15) is 66.9 Å². The van der Waals surface area contributed by atoms with Crippen molar-refractivity contribution in [1.82, 2.24) is 0 Å². The second kappa shape index (κ2) is 15.6. The predicted molar refractivity (Wildman–Crippen MR) is 179 cm³/mol. The van der Waals surface area contributed by atoms with E-state index in [0.29, 0.717) is 41.9 Å². The fourth-order valence-corrected chi connectivity index (χ4v) is 7.20. The number of carbonyl (C=O) groups excluding carboxylic acids is 1. The maximum Gasteiger partial charge on any atom is 0.317 e. The van der Waals surface area contributed by atoms with Gasteiger partial charge in [0.15, 0.2) is 29.6 Å². The average Bonchev–Trinajstić information content (AvgIpc) is 3.75. The molecule has 0 saturated carbocycles. The minimum absolute atomic E-state index is 0.137. The van der Waals surface area contributed by atoms with E-state index in [1.165, 1.54) is 5.56 Å². The molecule has 8 atom stereocenters. The van der Waals surface area contributed by atoms with Gasteiger partial charge in [-0.2, -0.15) is 4.89 Å². The van der Waals surface area contributed by atoms with Gasteiger partial charge in [-0.1, -0.05) is 43.7 Å². The van der Waals surface area contributed by atoms with E-state index in [1.807, 2.05) is 18.2 Å². The summed E-state index contributed by atoms with van der Waals surface area (Å²) >= 11 is 0. The number of aliphatic hydroxyl groups is 3. The van der Waals surface area contributed by atoms with Crippen LogP contribution in [0.5, 0.6) is 28.7 Å². The van der Waals surface area contributed by atoms with E-state index < -0.39 is 61.8 Å². The van der Waals surface area contributed by atoms with E-state index in [1.54, 1.807) is 12.1 Å². The number of carboxylic acids is 1. The Morgan fingerprint density at radius 1 is 0.904 bits per heavy atom. The highest BCUT2D eigenvalue weighted by molar-refractivity contribution is 5.90. The molecule has 0 unspecified atom stereocenters. The summed E-state index contributed by atoms with van der Waals surface area (Å²) < 4.78 is 34.3. The Kier molecular flexibility index (Phi) is 10.7. The lowest BCUT2D eigenvalue weighted by atomic mass is 9.86. The molecule has 0 radical (unpaired) electrons. The second-order valence-corrected chi connectivity index (χ2v) is 13.5. The van der Waals surface area contributed by atoms with Crippen molar-refractivity contribution >= 4 is 11.9 Å². The predicted octanol–water partition coefficient (Wildman–Crippen LogP) is 3.75. The Morgan fingerprint density at radius 3 is 2.44 bits per heavy atom. The minimum Gasteiger partial charge on any atom is -0.492 e. The lowest BCUT2D eigenvalue weighted by Crippen LogP contribution is -2.59. The number of hydrogen-bond acceptors (Lipinski definition) is 13. The third kappa shape index (κ3) is 7.62. The summed E-state index contributed by atoms with van der Waals surface area (Å²) in [6.07, 6.45) is -4.81. The summed E-state index contributed by atoms with van der Waals surface area (Å²) in [4.78, 5) is 33.6. The van der Waals surface area contributed by atoms with E-state index in [-0.39, 0.29) is 18.5 Å². The normalized spacial score (nSPS) is 25.9. The van der Waals surface area contributed by atoms with Crippen LogP contribution in [0.2, 0.25) is 0 Å². The van der Waals surface area contributed by atoms with Gasteiger partial charge < -0.3 is 53.7 Å². The molecular weight excluding hydrogens is 680 g/mol. The third-order valence-electron chi connectivity index (χ3n) is 10.1. The summed E-state index contributed by atoms with van der Waals surface area (Å²) in [5.74, 6) is 0.750. The molecule has 0 bridgehead atoms. The first kappa shape index (κ1) is 35.8. The number of esters is 1. The molecule has 3 aromatic rings. The molecule has 0 aliphatic carbocycles. The van der Waals surface area contributed by atoms with Crippen LogP contribution in [0.25, 0.3) is 0 Å². The summed E-state index contributed by atoms with van der Waals surface area (Å²) in [6.45, 7) is 2.13. The first-order valence-corrected chi connectivity index (χ1v) is 17.5. The number of benzene rings is 3. The molecule has 4 heterocycles. The van der Waals surface area contributed by atoms with Crippen molar-refractivity contribution in [3.63, 3.8) is 0 Å². The maximum absolute atomic E-state index is 11.7.